The van der Waals surface area contributed by atoms with Gasteiger partial charge in [0.1, 0.15) is 5.75 Å². The number of carboxylic acids is 1. The van der Waals surface area contributed by atoms with E-state index < -0.39 is 5.97 Å². The van der Waals surface area contributed by atoms with E-state index in [2.05, 4.69) is 4.98 Å². The molecule has 0 unspecified atom stereocenters. The lowest BCUT2D eigenvalue weighted by Gasteiger charge is -2.20. The van der Waals surface area contributed by atoms with E-state index in [9.17, 15) is 4.79 Å². The van der Waals surface area contributed by atoms with Crippen molar-refractivity contribution in [2.75, 3.05) is 0 Å². The molecular formula is C15H13NO3. The topological polar surface area (TPSA) is 59.4 Å². The van der Waals surface area contributed by atoms with Gasteiger partial charge in [0, 0.05) is 17.7 Å². The number of carboxylic acid groups (broad SMARTS) is 1. The number of pyridine rings is 1. The van der Waals surface area contributed by atoms with Gasteiger partial charge < -0.3 is 9.84 Å². The fraction of sp³-hybridized carbons (Fsp3) is 0.200. The highest BCUT2D eigenvalue weighted by Crippen LogP contribution is 2.35. The number of aromatic nitrogens is 1. The van der Waals surface area contributed by atoms with Gasteiger partial charge in [-0.05, 0) is 30.2 Å². The normalized spacial score (nSPS) is 12.3. The highest BCUT2D eigenvalue weighted by atomic mass is 16.5. The molecule has 1 N–H and O–H groups in total. The molecule has 1 aliphatic heterocycles. The summed E-state index contributed by atoms with van der Waals surface area (Å²) in [6, 6.07) is 9.46. The first kappa shape index (κ1) is 11.7. The summed E-state index contributed by atoms with van der Waals surface area (Å²) < 4.78 is 5.76. The third kappa shape index (κ3) is 2.29. The quantitative estimate of drug-likeness (QED) is 0.764. The fourth-order valence-corrected chi connectivity index (χ4v) is 2.25. The molecular weight excluding hydrogens is 242 g/mol. The Morgan fingerprint density at radius 3 is 2.95 bits per heavy atom. The maximum Gasteiger partial charge on any atom is 0.307 e. The van der Waals surface area contributed by atoms with Crippen LogP contribution >= 0.6 is 0 Å². The molecule has 19 heavy (non-hydrogen) atoms. The highest BCUT2D eigenvalue weighted by molar-refractivity contribution is 5.70. The van der Waals surface area contributed by atoms with Crippen LogP contribution in [0.3, 0.4) is 0 Å². The SMILES string of the molecule is Cc1ccc2c(n1)Oc1ccc(CC(=O)O)cc1C2. The van der Waals surface area contributed by atoms with Crippen molar-refractivity contribution in [1.29, 1.82) is 0 Å². The van der Waals surface area contributed by atoms with Crippen LogP contribution < -0.4 is 4.74 Å². The number of hydrogen-bond donors (Lipinski definition) is 1. The molecule has 1 aromatic heterocycles. The van der Waals surface area contributed by atoms with E-state index in [1.165, 1.54) is 0 Å². The molecule has 0 fully saturated rings. The molecule has 2 aromatic rings. The molecule has 1 aromatic carbocycles. The molecule has 0 amide bonds. The Morgan fingerprint density at radius 2 is 2.16 bits per heavy atom. The van der Waals surface area contributed by atoms with Gasteiger partial charge in [0.15, 0.2) is 0 Å². The monoisotopic (exact) mass is 255 g/mol. The predicted octanol–water partition coefficient (Wildman–Crippen LogP) is 2.71. The summed E-state index contributed by atoms with van der Waals surface area (Å²) in [6.45, 7) is 1.93. The Balaban J connectivity index is 1.95. The molecule has 0 spiro atoms. The third-order valence-electron chi connectivity index (χ3n) is 3.15. The lowest BCUT2D eigenvalue weighted by Crippen LogP contribution is -2.07. The van der Waals surface area contributed by atoms with Gasteiger partial charge in [-0.3, -0.25) is 4.79 Å². The van der Waals surface area contributed by atoms with Crippen molar-refractivity contribution in [3.05, 3.63) is 52.7 Å². The average Bonchev–Trinajstić information content (AvgIpc) is 2.35. The maximum absolute atomic E-state index is 10.7. The number of ether oxygens (including phenoxy) is 1. The van der Waals surface area contributed by atoms with Gasteiger partial charge >= 0.3 is 5.97 Å². The molecule has 0 atom stereocenters. The van der Waals surface area contributed by atoms with Crippen molar-refractivity contribution in [3.63, 3.8) is 0 Å². The number of carbonyl (C=O) groups is 1. The number of rotatable bonds is 2. The molecule has 96 valence electrons. The molecule has 0 saturated carbocycles. The first-order chi connectivity index (χ1) is 9.11. The molecule has 0 bridgehead atoms. The first-order valence-electron chi connectivity index (χ1n) is 6.10. The van der Waals surface area contributed by atoms with Gasteiger partial charge in [-0.1, -0.05) is 18.2 Å². The largest absolute Gasteiger partial charge is 0.481 e. The maximum atomic E-state index is 10.7. The molecule has 0 radical (unpaired) electrons. The molecule has 4 nitrogen and oxygen atoms in total. The van der Waals surface area contributed by atoms with Crippen molar-refractivity contribution in [2.45, 2.75) is 19.8 Å². The van der Waals surface area contributed by atoms with E-state index in [0.717, 1.165) is 34.6 Å². The van der Waals surface area contributed by atoms with Crippen molar-refractivity contribution in [2.24, 2.45) is 0 Å². The Morgan fingerprint density at radius 1 is 1.32 bits per heavy atom. The number of benzene rings is 1. The molecule has 2 heterocycles. The van der Waals surface area contributed by atoms with Crippen molar-refractivity contribution >= 4 is 5.97 Å². The average molecular weight is 255 g/mol. The summed E-state index contributed by atoms with van der Waals surface area (Å²) in [5, 5.41) is 8.82. The summed E-state index contributed by atoms with van der Waals surface area (Å²) >= 11 is 0. The van der Waals surface area contributed by atoms with E-state index in [1.54, 1.807) is 6.07 Å². The summed E-state index contributed by atoms with van der Waals surface area (Å²) in [7, 11) is 0. The Kier molecular flexibility index (Phi) is 2.71. The van der Waals surface area contributed by atoms with Gasteiger partial charge in [0.2, 0.25) is 5.88 Å². The van der Waals surface area contributed by atoms with Gasteiger partial charge in [0.25, 0.3) is 0 Å². The van der Waals surface area contributed by atoms with Gasteiger partial charge in [-0.15, -0.1) is 0 Å². The van der Waals surface area contributed by atoms with E-state index >= 15 is 0 Å². The van der Waals surface area contributed by atoms with Crippen LogP contribution in [-0.4, -0.2) is 16.1 Å². The second-order valence-electron chi connectivity index (χ2n) is 4.71. The number of aryl methyl sites for hydroxylation is 1. The van der Waals surface area contributed by atoms with Crippen molar-refractivity contribution < 1.29 is 14.6 Å². The second-order valence-corrected chi connectivity index (χ2v) is 4.71. The van der Waals surface area contributed by atoms with Crippen LogP contribution in [0.15, 0.2) is 30.3 Å². The molecule has 3 rings (SSSR count). The van der Waals surface area contributed by atoms with Crippen molar-refractivity contribution in [1.82, 2.24) is 4.98 Å². The minimum Gasteiger partial charge on any atom is -0.481 e. The number of aliphatic carboxylic acids is 1. The van der Waals surface area contributed by atoms with Gasteiger partial charge in [0.05, 0.1) is 6.42 Å². The summed E-state index contributed by atoms with van der Waals surface area (Å²) in [5.74, 6) is 0.590. The lowest BCUT2D eigenvalue weighted by atomic mass is 9.99. The number of hydrogen-bond acceptors (Lipinski definition) is 3. The Labute approximate surface area is 110 Å². The molecule has 4 heteroatoms. The van der Waals surface area contributed by atoms with Gasteiger partial charge in [-0.25, -0.2) is 4.98 Å². The second kappa shape index (κ2) is 4.39. The lowest BCUT2D eigenvalue weighted by molar-refractivity contribution is -0.136. The van der Waals surface area contributed by atoms with Crippen LogP contribution in [0.2, 0.25) is 0 Å². The third-order valence-corrected chi connectivity index (χ3v) is 3.15. The standard InChI is InChI=1S/C15H13NO3/c1-9-2-4-11-8-12-6-10(7-14(17)18)3-5-13(12)19-15(11)16-9/h2-6H,7-8H2,1H3,(H,17,18). The van der Waals surface area contributed by atoms with Crippen LogP contribution in [-0.2, 0) is 17.6 Å². The van der Waals surface area contributed by atoms with Crippen LogP contribution in [0.25, 0.3) is 0 Å². The van der Waals surface area contributed by atoms with Crippen molar-refractivity contribution in [3.8, 4) is 11.6 Å². The fourth-order valence-electron chi connectivity index (χ4n) is 2.25. The zero-order chi connectivity index (χ0) is 13.4. The van der Waals surface area contributed by atoms with Crippen LogP contribution in [0, 0.1) is 6.92 Å². The zero-order valence-electron chi connectivity index (χ0n) is 10.5. The number of nitrogens with zero attached hydrogens (tertiary/aromatic N) is 1. The summed E-state index contributed by atoms with van der Waals surface area (Å²) in [6.07, 6.45) is 0.762. The predicted molar refractivity (Wildman–Crippen MR) is 69.6 cm³/mol. The molecule has 0 aliphatic carbocycles. The Bertz CT molecular complexity index is 664. The minimum absolute atomic E-state index is 0.0340. The molecule has 1 aliphatic rings. The smallest absolute Gasteiger partial charge is 0.307 e. The van der Waals surface area contributed by atoms with Crippen LogP contribution in [0.1, 0.15) is 22.4 Å². The Hall–Kier alpha value is -2.36. The van der Waals surface area contributed by atoms with Crippen LogP contribution in [0.5, 0.6) is 11.6 Å². The van der Waals surface area contributed by atoms with Gasteiger partial charge in [-0.2, -0.15) is 0 Å². The summed E-state index contributed by atoms with van der Waals surface area (Å²) in [5.41, 5.74) is 3.76. The summed E-state index contributed by atoms with van der Waals surface area (Å²) in [4.78, 5) is 15.1. The van der Waals surface area contributed by atoms with E-state index in [0.29, 0.717) is 5.88 Å². The molecule has 0 saturated heterocycles. The van der Waals surface area contributed by atoms with E-state index in [4.69, 9.17) is 9.84 Å². The number of fused-ring (bicyclic) bond motifs is 2. The minimum atomic E-state index is -0.825. The van der Waals surface area contributed by atoms with Crippen LogP contribution in [0.4, 0.5) is 0 Å². The van der Waals surface area contributed by atoms with E-state index in [-0.39, 0.29) is 6.42 Å². The zero-order valence-corrected chi connectivity index (χ0v) is 10.5. The first-order valence-corrected chi connectivity index (χ1v) is 6.10. The van der Waals surface area contributed by atoms with E-state index in [1.807, 2.05) is 31.2 Å². The highest BCUT2D eigenvalue weighted by Gasteiger charge is 2.18.